The zero-order chi connectivity index (χ0) is 14.0. The molecule has 19 heavy (non-hydrogen) atoms. The summed E-state index contributed by atoms with van der Waals surface area (Å²) in [5.74, 6) is 3.18. The van der Waals surface area contributed by atoms with Crippen molar-refractivity contribution in [2.75, 3.05) is 21.3 Å². The second-order valence-corrected chi connectivity index (χ2v) is 6.05. The molecule has 0 aromatic heterocycles. The Bertz CT molecular complexity index is 446. The predicted molar refractivity (Wildman–Crippen MR) is 80.9 cm³/mol. The third-order valence-electron chi connectivity index (χ3n) is 4.04. The molecule has 1 fully saturated rings. The van der Waals surface area contributed by atoms with Gasteiger partial charge in [-0.05, 0) is 59.8 Å². The highest BCUT2D eigenvalue weighted by atomic mass is 79.9. The number of methoxy groups -OCH3 is 2. The van der Waals surface area contributed by atoms with Gasteiger partial charge in [-0.25, -0.2) is 0 Å². The van der Waals surface area contributed by atoms with Gasteiger partial charge in [0.05, 0.1) is 18.7 Å². The van der Waals surface area contributed by atoms with Crippen LogP contribution in [0.25, 0.3) is 0 Å². The van der Waals surface area contributed by atoms with Gasteiger partial charge in [0.2, 0.25) is 0 Å². The molecule has 0 radical (unpaired) electrons. The van der Waals surface area contributed by atoms with E-state index in [0.717, 1.165) is 21.9 Å². The molecule has 2 unspecified atom stereocenters. The van der Waals surface area contributed by atoms with Crippen molar-refractivity contribution in [2.24, 2.45) is 11.8 Å². The molecule has 2 atom stereocenters. The van der Waals surface area contributed by atoms with Gasteiger partial charge in [-0.15, -0.1) is 0 Å². The molecule has 0 heterocycles. The van der Waals surface area contributed by atoms with Gasteiger partial charge < -0.3 is 14.8 Å². The zero-order valence-electron chi connectivity index (χ0n) is 12.0. The first-order valence-electron chi connectivity index (χ1n) is 6.71. The largest absolute Gasteiger partial charge is 0.496 e. The van der Waals surface area contributed by atoms with Crippen molar-refractivity contribution in [1.29, 1.82) is 0 Å². The molecular weight excluding hydrogens is 306 g/mol. The first kappa shape index (κ1) is 14.7. The van der Waals surface area contributed by atoms with Crippen molar-refractivity contribution in [3.63, 3.8) is 0 Å². The summed E-state index contributed by atoms with van der Waals surface area (Å²) in [5, 5.41) is 3.43. The quantitative estimate of drug-likeness (QED) is 0.862. The molecular formula is C15H22BrNO2. The number of ether oxygens (including phenoxy) is 2. The van der Waals surface area contributed by atoms with Gasteiger partial charge in [-0.3, -0.25) is 0 Å². The fraction of sp³-hybridized carbons (Fsp3) is 0.600. The minimum atomic E-state index is 0.296. The van der Waals surface area contributed by atoms with Gasteiger partial charge in [0, 0.05) is 11.6 Å². The van der Waals surface area contributed by atoms with Gasteiger partial charge in [0.1, 0.15) is 11.5 Å². The van der Waals surface area contributed by atoms with Gasteiger partial charge in [0.25, 0.3) is 0 Å². The molecule has 0 bridgehead atoms. The van der Waals surface area contributed by atoms with Crippen molar-refractivity contribution in [3.8, 4) is 11.5 Å². The Morgan fingerprint density at radius 2 is 1.84 bits per heavy atom. The van der Waals surface area contributed by atoms with Crippen molar-refractivity contribution in [1.82, 2.24) is 5.32 Å². The standard InChI is InChI=1S/C15H22BrNO2/c1-9(10-5-6-10)15(17-2)11-7-14(19-4)12(16)8-13(11)18-3/h7-10,15,17H,5-6H2,1-4H3. The topological polar surface area (TPSA) is 30.5 Å². The van der Waals surface area contributed by atoms with E-state index < -0.39 is 0 Å². The molecule has 1 aliphatic rings. The van der Waals surface area contributed by atoms with Crippen LogP contribution in [0, 0.1) is 11.8 Å². The van der Waals surface area contributed by atoms with Crippen molar-refractivity contribution in [3.05, 3.63) is 22.2 Å². The van der Waals surface area contributed by atoms with Crippen LogP contribution in [0.5, 0.6) is 11.5 Å². The third kappa shape index (κ3) is 3.06. The lowest BCUT2D eigenvalue weighted by molar-refractivity contribution is 0.342. The maximum Gasteiger partial charge on any atom is 0.133 e. The summed E-state index contributed by atoms with van der Waals surface area (Å²) >= 11 is 3.51. The maximum absolute atomic E-state index is 5.53. The molecule has 0 amide bonds. The number of halogens is 1. The summed E-state index contributed by atoms with van der Waals surface area (Å²) < 4.78 is 11.9. The summed E-state index contributed by atoms with van der Waals surface area (Å²) in [7, 11) is 5.42. The monoisotopic (exact) mass is 327 g/mol. The smallest absolute Gasteiger partial charge is 0.133 e. The highest BCUT2D eigenvalue weighted by Gasteiger charge is 2.34. The van der Waals surface area contributed by atoms with Crippen LogP contribution in [-0.2, 0) is 0 Å². The van der Waals surface area contributed by atoms with Gasteiger partial charge in [-0.2, -0.15) is 0 Å². The first-order chi connectivity index (χ1) is 9.12. The van der Waals surface area contributed by atoms with Crippen LogP contribution < -0.4 is 14.8 Å². The number of hydrogen-bond donors (Lipinski definition) is 1. The fourth-order valence-corrected chi connectivity index (χ4v) is 3.21. The molecule has 1 aromatic carbocycles. The highest BCUT2D eigenvalue weighted by Crippen LogP contribution is 2.45. The highest BCUT2D eigenvalue weighted by molar-refractivity contribution is 9.10. The van der Waals surface area contributed by atoms with Crippen molar-refractivity contribution < 1.29 is 9.47 Å². The minimum absolute atomic E-state index is 0.296. The van der Waals surface area contributed by atoms with Crippen LogP contribution >= 0.6 is 15.9 Å². The molecule has 1 saturated carbocycles. The van der Waals surface area contributed by atoms with Crippen molar-refractivity contribution in [2.45, 2.75) is 25.8 Å². The van der Waals surface area contributed by atoms with Gasteiger partial charge >= 0.3 is 0 Å². The SMILES string of the molecule is CNC(c1cc(OC)c(Br)cc1OC)C(C)C1CC1. The predicted octanol–water partition coefficient (Wildman–Crippen LogP) is 3.77. The number of nitrogens with one attached hydrogen (secondary N) is 1. The second-order valence-electron chi connectivity index (χ2n) is 5.19. The van der Waals surface area contributed by atoms with E-state index in [1.165, 1.54) is 18.4 Å². The van der Waals surface area contributed by atoms with Crippen LogP contribution in [-0.4, -0.2) is 21.3 Å². The molecule has 1 aromatic rings. The van der Waals surface area contributed by atoms with E-state index in [2.05, 4.69) is 34.2 Å². The summed E-state index contributed by atoms with van der Waals surface area (Å²) in [6.07, 6.45) is 2.69. The van der Waals surface area contributed by atoms with E-state index in [0.29, 0.717) is 12.0 Å². The van der Waals surface area contributed by atoms with E-state index >= 15 is 0 Å². The molecule has 0 aliphatic heterocycles. The third-order valence-corrected chi connectivity index (χ3v) is 4.66. The van der Waals surface area contributed by atoms with Crippen LogP contribution in [0.4, 0.5) is 0 Å². The van der Waals surface area contributed by atoms with E-state index in [1.54, 1.807) is 14.2 Å². The lowest BCUT2D eigenvalue weighted by Gasteiger charge is -2.26. The molecule has 106 valence electrons. The normalized spacial score (nSPS) is 17.9. The maximum atomic E-state index is 5.53. The van der Waals surface area contributed by atoms with Crippen LogP contribution in [0.3, 0.4) is 0 Å². The molecule has 0 saturated heterocycles. The van der Waals surface area contributed by atoms with E-state index in [-0.39, 0.29) is 0 Å². The van der Waals surface area contributed by atoms with Crippen LogP contribution in [0.2, 0.25) is 0 Å². The summed E-state index contributed by atoms with van der Waals surface area (Å²) in [5.41, 5.74) is 1.17. The van der Waals surface area contributed by atoms with E-state index in [4.69, 9.17) is 9.47 Å². The molecule has 1 N–H and O–H groups in total. The average molecular weight is 328 g/mol. The second kappa shape index (κ2) is 6.14. The van der Waals surface area contributed by atoms with Crippen LogP contribution in [0.15, 0.2) is 16.6 Å². The Labute approximate surface area is 123 Å². The Morgan fingerprint density at radius 3 is 2.32 bits per heavy atom. The number of rotatable bonds is 6. The first-order valence-corrected chi connectivity index (χ1v) is 7.50. The molecule has 2 rings (SSSR count). The summed E-state index contributed by atoms with van der Waals surface area (Å²) in [6.45, 7) is 2.31. The lowest BCUT2D eigenvalue weighted by Crippen LogP contribution is -2.25. The Hall–Kier alpha value is -0.740. The van der Waals surface area contributed by atoms with Gasteiger partial charge in [-0.1, -0.05) is 6.92 Å². The Morgan fingerprint density at radius 1 is 1.21 bits per heavy atom. The van der Waals surface area contributed by atoms with Gasteiger partial charge in [0.15, 0.2) is 0 Å². The van der Waals surface area contributed by atoms with Crippen LogP contribution in [0.1, 0.15) is 31.4 Å². The summed E-state index contributed by atoms with van der Waals surface area (Å²) in [6, 6.07) is 4.35. The molecule has 0 spiro atoms. The zero-order valence-corrected chi connectivity index (χ0v) is 13.6. The Kier molecular flexibility index (Phi) is 4.74. The number of hydrogen-bond acceptors (Lipinski definition) is 3. The molecule has 4 heteroatoms. The summed E-state index contributed by atoms with van der Waals surface area (Å²) in [4.78, 5) is 0. The number of benzene rings is 1. The van der Waals surface area contributed by atoms with Crippen molar-refractivity contribution >= 4 is 15.9 Å². The molecule has 1 aliphatic carbocycles. The fourth-order valence-electron chi connectivity index (χ4n) is 2.72. The minimum Gasteiger partial charge on any atom is -0.496 e. The average Bonchev–Trinajstić information content (AvgIpc) is 3.24. The van der Waals surface area contributed by atoms with E-state index in [1.807, 2.05) is 13.1 Å². The lowest BCUT2D eigenvalue weighted by atomic mass is 9.90. The molecule has 3 nitrogen and oxygen atoms in total. The van der Waals surface area contributed by atoms with E-state index in [9.17, 15) is 0 Å². The Balaban J connectivity index is 2.39.